The number of anilines is 1. The first-order chi connectivity index (χ1) is 7.15. The van der Waals surface area contributed by atoms with Crippen molar-refractivity contribution in [3.05, 3.63) is 24.0 Å². The van der Waals surface area contributed by atoms with E-state index in [9.17, 15) is 0 Å². The highest BCUT2D eigenvalue weighted by Gasteiger charge is 2.03. The van der Waals surface area contributed by atoms with Crippen LogP contribution in [0.5, 0.6) is 0 Å². The van der Waals surface area contributed by atoms with Crippen LogP contribution in [0.25, 0.3) is 0 Å². The first-order valence-electron chi connectivity index (χ1n) is 5.06. The molecule has 0 saturated carbocycles. The Kier molecular flexibility index (Phi) is 4.52. The van der Waals surface area contributed by atoms with Crippen LogP contribution in [-0.4, -0.2) is 32.3 Å². The molecule has 0 saturated heterocycles. The lowest BCUT2D eigenvalue weighted by molar-refractivity contribution is 0.206. The molecule has 0 bridgehead atoms. The summed E-state index contributed by atoms with van der Waals surface area (Å²) in [5.41, 5.74) is 7.72. The molecule has 4 heteroatoms. The minimum absolute atomic E-state index is 0.0108. The summed E-state index contributed by atoms with van der Waals surface area (Å²) in [5.74, 6) is 0. The van der Waals surface area contributed by atoms with Gasteiger partial charge in [-0.2, -0.15) is 0 Å². The van der Waals surface area contributed by atoms with E-state index in [4.69, 9.17) is 10.5 Å². The summed E-state index contributed by atoms with van der Waals surface area (Å²) >= 11 is 0. The minimum Gasteiger partial charge on any atom is -0.383 e. The topological polar surface area (TPSA) is 51.4 Å². The number of nitrogens with zero attached hydrogens (tertiary/aromatic N) is 2. The van der Waals surface area contributed by atoms with Crippen LogP contribution in [0, 0.1) is 0 Å². The highest BCUT2D eigenvalue weighted by molar-refractivity contribution is 5.43. The van der Waals surface area contributed by atoms with E-state index in [-0.39, 0.29) is 6.04 Å². The van der Waals surface area contributed by atoms with E-state index in [0.29, 0.717) is 6.61 Å². The molecule has 1 aromatic heterocycles. The van der Waals surface area contributed by atoms with Crippen molar-refractivity contribution < 1.29 is 4.74 Å². The molecule has 2 N–H and O–H groups in total. The lowest BCUT2D eigenvalue weighted by Gasteiger charge is -2.18. The van der Waals surface area contributed by atoms with Gasteiger partial charge in [0, 0.05) is 26.7 Å². The molecule has 0 amide bonds. The Balaban J connectivity index is 2.62. The van der Waals surface area contributed by atoms with Gasteiger partial charge >= 0.3 is 0 Å². The Hall–Kier alpha value is -1.13. The van der Waals surface area contributed by atoms with Gasteiger partial charge in [0.05, 0.1) is 24.2 Å². The summed E-state index contributed by atoms with van der Waals surface area (Å²) in [7, 11) is 3.72. The number of methoxy groups -OCH3 is 1. The molecule has 15 heavy (non-hydrogen) atoms. The van der Waals surface area contributed by atoms with Crippen LogP contribution < -0.4 is 10.6 Å². The van der Waals surface area contributed by atoms with Crippen LogP contribution >= 0.6 is 0 Å². The number of nitrogens with two attached hydrogens (primary N) is 1. The third-order valence-electron chi connectivity index (χ3n) is 2.31. The van der Waals surface area contributed by atoms with Crippen LogP contribution in [0.15, 0.2) is 18.3 Å². The highest BCUT2D eigenvalue weighted by atomic mass is 16.5. The second kappa shape index (κ2) is 5.68. The maximum absolute atomic E-state index is 5.72. The number of pyridine rings is 1. The third kappa shape index (κ3) is 3.49. The van der Waals surface area contributed by atoms with E-state index in [1.165, 1.54) is 0 Å². The van der Waals surface area contributed by atoms with Crippen molar-refractivity contribution >= 4 is 5.69 Å². The lowest BCUT2D eigenvalue weighted by atomic mass is 10.2. The van der Waals surface area contributed by atoms with Crippen LogP contribution in [0.1, 0.15) is 18.7 Å². The highest BCUT2D eigenvalue weighted by Crippen LogP contribution is 2.13. The Morgan fingerprint density at radius 2 is 2.27 bits per heavy atom. The Bertz CT molecular complexity index is 284. The van der Waals surface area contributed by atoms with Crippen molar-refractivity contribution in [1.82, 2.24) is 4.98 Å². The van der Waals surface area contributed by atoms with Gasteiger partial charge in [0.15, 0.2) is 0 Å². The maximum Gasteiger partial charge on any atom is 0.0637 e. The van der Waals surface area contributed by atoms with E-state index in [0.717, 1.165) is 17.9 Å². The summed E-state index contributed by atoms with van der Waals surface area (Å²) in [6.45, 7) is 3.50. The van der Waals surface area contributed by atoms with E-state index in [2.05, 4.69) is 9.88 Å². The Morgan fingerprint density at radius 3 is 2.73 bits per heavy atom. The van der Waals surface area contributed by atoms with Crippen LogP contribution in [-0.2, 0) is 4.74 Å². The van der Waals surface area contributed by atoms with Crippen molar-refractivity contribution in [3.8, 4) is 0 Å². The fourth-order valence-corrected chi connectivity index (χ4v) is 1.25. The zero-order valence-corrected chi connectivity index (χ0v) is 9.60. The number of ether oxygens (including phenoxy) is 1. The zero-order chi connectivity index (χ0) is 11.3. The van der Waals surface area contributed by atoms with Gasteiger partial charge in [0.2, 0.25) is 0 Å². The summed E-state index contributed by atoms with van der Waals surface area (Å²) in [6, 6.07) is 3.98. The third-order valence-corrected chi connectivity index (χ3v) is 2.31. The van der Waals surface area contributed by atoms with E-state index in [1.54, 1.807) is 7.11 Å². The molecule has 1 heterocycles. The summed E-state index contributed by atoms with van der Waals surface area (Å²) in [4.78, 5) is 6.40. The number of likely N-dealkylation sites (N-methyl/N-ethyl adjacent to an activating group) is 1. The number of hydrogen-bond donors (Lipinski definition) is 1. The maximum atomic E-state index is 5.72. The van der Waals surface area contributed by atoms with Gasteiger partial charge in [-0.15, -0.1) is 0 Å². The standard InChI is InChI=1S/C11H19N3O/c1-9(12)11-5-4-10(8-13-11)14(2)6-7-15-3/h4-5,8-9H,6-7,12H2,1-3H3/t9-/m0/s1. The molecule has 1 aromatic rings. The molecule has 1 rings (SSSR count). The molecule has 0 aromatic carbocycles. The van der Waals surface area contributed by atoms with E-state index < -0.39 is 0 Å². The zero-order valence-electron chi connectivity index (χ0n) is 9.60. The molecule has 0 aliphatic rings. The number of rotatable bonds is 5. The quantitative estimate of drug-likeness (QED) is 0.791. The molecule has 4 nitrogen and oxygen atoms in total. The first kappa shape index (κ1) is 11.9. The molecular weight excluding hydrogens is 190 g/mol. The molecular formula is C11H19N3O. The SMILES string of the molecule is COCCN(C)c1ccc([C@H](C)N)nc1. The average molecular weight is 209 g/mol. The summed E-state index contributed by atoms with van der Waals surface area (Å²) in [6.07, 6.45) is 1.84. The van der Waals surface area contributed by atoms with Gasteiger partial charge in [0.1, 0.15) is 0 Å². The molecule has 0 radical (unpaired) electrons. The summed E-state index contributed by atoms with van der Waals surface area (Å²) in [5, 5.41) is 0. The van der Waals surface area contributed by atoms with Crippen molar-refractivity contribution in [2.75, 3.05) is 32.2 Å². The first-order valence-corrected chi connectivity index (χ1v) is 5.06. The molecule has 84 valence electrons. The predicted octanol–water partition coefficient (Wildman–Crippen LogP) is 1.18. The molecule has 0 aliphatic heterocycles. The van der Waals surface area contributed by atoms with Crippen molar-refractivity contribution in [2.24, 2.45) is 5.73 Å². The molecule has 1 atom stereocenters. The Labute approximate surface area is 91.1 Å². The second-order valence-corrected chi connectivity index (χ2v) is 3.64. The van der Waals surface area contributed by atoms with Crippen molar-refractivity contribution in [3.63, 3.8) is 0 Å². The smallest absolute Gasteiger partial charge is 0.0637 e. The monoisotopic (exact) mass is 209 g/mol. The largest absolute Gasteiger partial charge is 0.383 e. The Morgan fingerprint density at radius 1 is 1.53 bits per heavy atom. The van der Waals surface area contributed by atoms with Gasteiger partial charge in [0.25, 0.3) is 0 Å². The van der Waals surface area contributed by atoms with Gasteiger partial charge in [-0.1, -0.05) is 0 Å². The fraction of sp³-hybridized carbons (Fsp3) is 0.545. The van der Waals surface area contributed by atoms with Crippen LogP contribution in [0.2, 0.25) is 0 Å². The number of aromatic nitrogens is 1. The molecule has 0 unspecified atom stereocenters. The molecule has 0 fully saturated rings. The van der Waals surface area contributed by atoms with E-state index in [1.807, 2.05) is 32.3 Å². The van der Waals surface area contributed by atoms with Gasteiger partial charge in [-0.05, 0) is 19.1 Å². The second-order valence-electron chi connectivity index (χ2n) is 3.64. The lowest BCUT2D eigenvalue weighted by Crippen LogP contribution is -2.22. The minimum atomic E-state index is -0.0108. The number of hydrogen-bond acceptors (Lipinski definition) is 4. The van der Waals surface area contributed by atoms with Crippen molar-refractivity contribution in [2.45, 2.75) is 13.0 Å². The van der Waals surface area contributed by atoms with Gasteiger partial charge < -0.3 is 15.4 Å². The summed E-state index contributed by atoms with van der Waals surface area (Å²) < 4.78 is 5.01. The van der Waals surface area contributed by atoms with Gasteiger partial charge in [-0.25, -0.2) is 0 Å². The normalized spacial score (nSPS) is 12.5. The van der Waals surface area contributed by atoms with Crippen LogP contribution in [0.3, 0.4) is 0 Å². The molecule has 0 aliphatic carbocycles. The van der Waals surface area contributed by atoms with E-state index >= 15 is 0 Å². The fourth-order valence-electron chi connectivity index (χ4n) is 1.25. The molecule has 0 spiro atoms. The van der Waals surface area contributed by atoms with Crippen molar-refractivity contribution in [1.29, 1.82) is 0 Å². The average Bonchev–Trinajstić information content (AvgIpc) is 2.26. The predicted molar refractivity (Wildman–Crippen MR) is 62.0 cm³/mol. The van der Waals surface area contributed by atoms with Crippen LogP contribution in [0.4, 0.5) is 5.69 Å². The van der Waals surface area contributed by atoms with Gasteiger partial charge in [-0.3, -0.25) is 4.98 Å².